The maximum absolute atomic E-state index is 12.7. The Morgan fingerprint density at radius 2 is 1.56 bits per heavy atom. The molecule has 0 aromatic heterocycles. The number of anilines is 1. The highest BCUT2D eigenvalue weighted by Crippen LogP contribution is 2.33. The first-order valence-corrected chi connectivity index (χ1v) is 11.6. The number of carbonyl (C=O) groups excluding carboxylic acids is 1. The molecule has 1 aliphatic carbocycles. The first-order chi connectivity index (χ1) is 15.6. The van der Waals surface area contributed by atoms with Gasteiger partial charge in [-0.3, -0.25) is 9.59 Å². The van der Waals surface area contributed by atoms with E-state index in [1.807, 2.05) is 30.3 Å². The average Bonchev–Trinajstić information content (AvgIpc) is 2.83. The molecular weight excluding hydrogens is 400 g/mol. The van der Waals surface area contributed by atoms with Crippen LogP contribution in [0.25, 0.3) is 33.3 Å². The number of hydrogen-bond donors (Lipinski definition) is 0. The normalized spacial score (nSPS) is 10.9. The Balaban J connectivity index is 0.000000668. The minimum Gasteiger partial charge on any atom is -0.452 e. The number of hydrogen-bond acceptors (Lipinski definition) is 5. The van der Waals surface area contributed by atoms with Crippen LogP contribution < -0.4 is 10.3 Å². The summed E-state index contributed by atoms with van der Waals surface area (Å²) in [5.74, 6) is 0.251. The van der Waals surface area contributed by atoms with Gasteiger partial charge in [0, 0.05) is 35.6 Å². The topological polar surface area (TPSA) is 63.4 Å². The fourth-order valence-electron chi connectivity index (χ4n) is 3.72. The highest BCUT2D eigenvalue weighted by atomic mass is 16.3. The van der Waals surface area contributed by atoms with Crippen LogP contribution >= 0.6 is 0 Å². The quantitative estimate of drug-likeness (QED) is 0.185. The summed E-state index contributed by atoms with van der Waals surface area (Å²) in [6.45, 7) is 10.6. The number of carbonyl (C=O) groups is 1. The monoisotopic (exact) mass is 432 g/mol. The van der Waals surface area contributed by atoms with E-state index in [2.05, 4.69) is 32.6 Å². The molecule has 4 rings (SSSR count). The lowest BCUT2D eigenvalue weighted by molar-refractivity contribution is 0.112. The minimum absolute atomic E-state index is 0.0208. The average molecular weight is 433 g/mol. The lowest BCUT2D eigenvalue weighted by Crippen LogP contribution is -2.24. The maximum atomic E-state index is 12.7. The van der Waals surface area contributed by atoms with Gasteiger partial charge in [0.2, 0.25) is 5.43 Å². The summed E-state index contributed by atoms with van der Waals surface area (Å²) in [5.41, 5.74) is 2.56. The molecule has 1 heterocycles. The van der Waals surface area contributed by atoms with E-state index in [1.165, 1.54) is 12.8 Å². The van der Waals surface area contributed by atoms with Crippen molar-refractivity contribution in [3.05, 3.63) is 58.3 Å². The Morgan fingerprint density at radius 1 is 0.906 bits per heavy atom. The molecule has 2 aliphatic rings. The van der Waals surface area contributed by atoms with Gasteiger partial charge in [0.15, 0.2) is 17.6 Å². The molecule has 5 nitrogen and oxygen atoms in total. The summed E-state index contributed by atoms with van der Waals surface area (Å²) in [7, 11) is 0. The summed E-state index contributed by atoms with van der Waals surface area (Å²) in [6.07, 6.45) is 5.30. The van der Waals surface area contributed by atoms with Gasteiger partial charge in [-0.1, -0.05) is 64.8 Å². The summed E-state index contributed by atoms with van der Waals surface area (Å²) < 4.78 is 6.08. The van der Waals surface area contributed by atoms with Gasteiger partial charge in [0.1, 0.15) is 16.8 Å². The number of aromatic nitrogens is 1. The number of aldehydes is 1. The third kappa shape index (κ3) is 4.67. The van der Waals surface area contributed by atoms with E-state index in [0.717, 1.165) is 31.6 Å². The summed E-state index contributed by atoms with van der Waals surface area (Å²) in [6, 6.07) is 13.1. The Bertz CT molecular complexity index is 1220. The van der Waals surface area contributed by atoms with Crippen LogP contribution in [0.5, 0.6) is 0 Å². The maximum Gasteiger partial charge on any atom is 0.200 e. The van der Waals surface area contributed by atoms with Gasteiger partial charge in [-0.2, -0.15) is 0 Å². The summed E-state index contributed by atoms with van der Waals surface area (Å²) in [5, 5.41) is 1.18. The van der Waals surface area contributed by atoms with Crippen molar-refractivity contribution in [2.75, 3.05) is 18.0 Å². The highest BCUT2D eigenvalue weighted by molar-refractivity contribution is 6.03. The molecule has 1 aliphatic heterocycles. The van der Waals surface area contributed by atoms with E-state index in [0.29, 0.717) is 33.9 Å². The fourth-order valence-corrected chi connectivity index (χ4v) is 3.72. The summed E-state index contributed by atoms with van der Waals surface area (Å²) >= 11 is 0. The Labute approximate surface area is 189 Å². The van der Waals surface area contributed by atoms with Crippen LogP contribution in [-0.2, 0) is 0 Å². The fraction of sp³-hybridized carbons (Fsp3) is 0.370. The number of nitrogens with zero attached hydrogens (tertiary/aromatic N) is 2. The standard InChI is InChI=1S/C23H22N2O3.C4H10/c1-3-11-25(12-4-2)15-9-10-19-20(13-15)28-23-18(14-26)22(27)17-8-6-5-7-16(17)21(23)24-19;1-3-4-2/h5-10,13-14H,3-4,11-12H2,1-2H3;3-4H2,1-2H3. The number of rotatable bonds is 7. The first-order valence-electron chi connectivity index (χ1n) is 11.6. The second kappa shape index (κ2) is 10.9. The van der Waals surface area contributed by atoms with Gasteiger partial charge in [0.25, 0.3) is 0 Å². The predicted octanol–water partition coefficient (Wildman–Crippen LogP) is 6.69. The zero-order valence-electron chi connectivity index (χ0n) is 19.5. The van der Waals surface area contributed by atoms with Gasteiger partial charge >= 0.3 is 0 Å². The number of benzene rings is 3. The smallest absolute Gasteiger partial charge is 0.200 e. The molecule has 0 N–H and O–H groups in total. The third-order valence-corrected chi connectivity index (χ3v) is 5.49. The molecule has 0 saturated heterocycles. The van der Waals surface area contributed by atoms with Crippen molar-refractivity contribution in [1.29, 1.82) is 0 Å². The molecule has 0 spiro atoms. The molecule has 0 fully saturated rings. The van der Waals surface area contributed by atoms with Crippen LogP contribution in [0, 0.1) is 0 Å². The van der Waals surface area contributed by atoms with Crippen molar-refractivity contribution >= 4 is 33.8 Å². The van der Waals surface area contributed by atoms with Crippen LogP contribution in [0.1, 0.15) is 63.7 Å². The highest BCUT2D eigenvalue weighted by Gasteiger charge is 2.22. The summed E-state index contributed by atoms with van der Waals surface area (Å²) in [4.78, 5) is 31.4. The molecule has 32 heavy (non-hydrogen) atoms. The van der Waals surface area contributed by atoms with Crippen molar-refractivity contribution in [3.63, 3.8) is 0 Å². The van der Waals surface area contributed by atoms with E-state index in [9.17, 15) is 9.59 Å². The predicted molar refractivity (Wildman–Crippen MR) is 133 cm³/mol. The van der Waals surface area contributed by atoms with Crippen molar-refractivity contribution in [2.24, 2.45) is 0 Å². The lowest BCUT2D eigenvalue weighted by atomic mass is 10.00. The largest absolute Gasteiger partial charge is 0.452 e. The molecular formula is C27H32N2O3. The van der Waals surface area contributed by atoms with Gasteiger partial charge < -0.3 is 9.32 Å². The van der Waals surface area contributed by atoms with Crippen LogP contribution in [-0.4, -0.2) is 24.4 Å². The van der Waals surface area contributed by atoms with Crippen LogP contribution in [0.4, 0.5) is 5.69 Å². The van der Waals surface area contributed by atoms with Crippen LogP contribution in [0.15, 0.2) is 51.7 Å². The van der Waals surface area contributed by atoms with Crippen molar-refractivity contribution in [1.82, 2.24) is 4.98 Å². The Hall–Kier alpha value is -3.21. The molecule has 0 unspecified atom stereocenters. The number of fused-ring (bicyclic) bond motifs is 4. The van der Waals surface area contributed by atoms with Crippen molar-refractivity contribution in [3.8, 4) is 11.5 Å². The molecule has 0 saturated carbocycles. The molecule has 0 atom stereocenters. The molecule has 0 amide bonds. The first kappa shape index (κ1) is 23.5. The molecule has 5 heteroatoms. The van der Waals surface area contributed by atoms with E-state index >= 15 is 0 Å². The Morgan fingerprint density at radius 3 is 2.16 bits per heavy atom. The van der Waals surface area contributed by atoms with E-state index in [1.54, 1.807) is 12.1 Å². The zero-order chi connectivity index (χ0) is 23.1. The van der Waals surface area contributed by atoms with Crippen LogP contribution in [0.3, 0.4) is 0 Å². The number of unbranched alkanes of at least 4 members (excludes halogenated alkanes) is 1. The van der Waals surface area contributed by atoms with Gasteiger partial charge in [-0.15, -0.1) is 0 Å². The second-order valence-electron chi connectivity index (χ2n) is 7.94. The van der Waals surface area contributed by atoms with Gasteiger partial charge in [0.05, 0.1) is 0 Å². The van der Waals surface area contributed by atoms with Crippen LogP contribution in [0.2, 0.25) is 0 Å². The molecule has 0 bridgehead atoms. The van der Waals surface area contributed by atoms with E-state index in [4.69, 9.17) is 9.40 Å². The zero-order valence-corrected chi connectivity index (χ0v) is 19.5. The van der Waals surface area contributed by atoms with Crippen molar-refractivity contribution < 1.29 is 9.21 Å². The van der Waals surface area contributed by atoms with Gasteiger partial charge in [-0.25, -0.2) is 4.98 Å². The van der Waals surface area contributed by atoms with E-state index in [-0.39, 0.29) is 16.8 Å². The molecule has 168 valence electrons. The van der Waals surface area contributed by atoms with E-state index < -0.39 is 0 Å². The second-order valence-corrected chi connectivity index (χ2v) is 7.94. The van der Waals surface area contributed by atoms with Crippen molar-refractivity contribution in [2.45, 2.75) is 53.4 Å². The molecule has 2 aromatic rings. The SMILES string of the molecule is CCCC.CCCN(CCC)c1ccc2nc3c4ccccc4c(=O)c(C=O)c-3oc2c1. The minimum atomic E-state index is -0.322. The third-order valence-electron chi connectivity index (χ3n) is 5.49. The molecule has 2 aromatic carbocycles. The lowest BCUT2D eigenvalue weighted by Gasteiger charge is -2.24. The van der Waals surface area contributed by atoms with Gasteiger partial charge in [-0.05, 0) is 25.0 Å². The molecule has 0 radical (unpaired) electrons. The Kier molecular flexibility index (Phi) is 7.98.